The summed E-state index contributed by atoms with van der Waals surface area (Å²) in [6, 6.07) is 11.0. The predicted octanol–water partition coefficient (Wildman–Crippen LogP) is 3.46. The lowest BCUT2D eigenvalue weighted by atomic mass is 9.82. The quantitative estimate of drug-likeness (QED) is 0.785. The molecule has 1 fully saturated rings. The number of nitrogen functional groups attached to an aromatic ring is 1. The van der Waals surface area contributed by atoms with Crippen molar-refractivity contribution in [1.82, 2.24) is 9.97 Å². The normalized spacial score (nSPS) is 25.5. The van der Waals surface area contributed by atoms with Crippen LogP contribution < -0.4 is 16.8 Å². The minimum Gasteiger partial charge on any atom is -0.369 e. The van der Waals surface area contributed by atoms with Gasteiger partial charge in [-0.25, -0.2) is 4.98 Å². The summed E-state index contributed by atoms with van der Waals surface area (Å²) in [7, 11) is 0. The Kier molecular flexibility index (Phi) is 5.07. The third kappa shape index (κ3) is 3.68. The molecule has 1 atom stereocenters. The number of aromatic nitrogens is 2. The molecule has 26 heavy (non-hydrogen) atoms. The first-order chi connectivity index (χ1) is 12.7. The van der Waals surface area contributed by atoms with Crippen LogP contribution in [0.1, 0.15) is 61.3 Å². The molecule has 5 N–H and O–H groups in total. The van der Waals surface area contributed by atoms with E-state index in [1.165, 1.54) is 24.0 Å². The molecule has 1 heterocycles. The van der Waals surface area contributed by atoms with Gasteiger partial charge < -0.3 is 16.8 Å². The molecule has 4 rings (SSSR count). The van der Waals surface area contributed by atoms with Gasteiger partial charge >= 0.3 is 0 Å². The summed E-state index contributed by atoms with van der Waals surface area (Å²) in [5, 5.41) is 3.60. The number of nitrogens with two attached hydrogens (primary N) is 2. The maximum atomic E-state index is 6.07. The molecule has 0 aliphatic heterocycles. The first-order valence-corrected chi connectivity index (χ1v) is 9.91. The van der Waals surface area contributed by atoms with Crippen molar-refractivity contribution in [2.45, 2.75) is 56.9 Å². The Hall–Kier alpha value is -2.14. The van der Waals surface area contributed by atoms with Gasteiger partial charge in [0.15, 0.2) is 0 Å². The number of hydrogen-bond donors (Lipinski definition) is 3. The summed E-state index contributed by atoms with van der Waals surface area (Å²) in [6.45, 7) is 0.950. The van der Waals surface area contributed by atoms with E-state index in [9.17, 15) is 0 Å². The van der Waals surface area contributed by atoms with E-state index in [0.717, 1.165) is 50.2 Å². The Balaban J connectivity index is 1.56. The minimum atomic E-state index is 0.318. The summed E-state index contributed by atoms with van der Waals surface area (Å²) in [5.41, 5.74) is 15.8. The molecule has 1 saturated carbocycles. The lowest BCUT2D eigenvalue weighted by Crippen LogP contribution is -2.29. The van der Waals surface area contributed by atoms with Crippen molar-refractivity contribution < 1.29 is 0 Å². The fourth-order valence-corrected chi connectivity index (χ4v) is 4.46. The highest BCUT2D eigenvalue weighted by molar-refractivity contribution is 5.53. The molecule has 0 radical (unpaired) electrons. The third-order valence-electron chi connectivity index (χ3n) is 5.96. The summed E-state index contributed by atoms with van der Waals surface area (Å²) in [6.07, 6.45) is 7.96. The van der Waals surface area contributed by atoms with Crippen LogP contribution in [0.4, 0.5) is 11.8 Å². The van der Waals surface area contributed by atoms with Gasteiger partial charge in [0.1, 0.15) is 5.82 Å². The average molecular weight is 351 g/mol. The number of rotatable bonds is 4. The number of anilines is 2. The van der Waals surface area contributed by atoms with E-state index in [0.29, 0.717) is 23.8 Å². The molecule has 138 valence electrons. The molecule has 2 aliphatic carbocycles. The molecule has 2 aromatic rings. The molecule has 0 saturated heterocycles. The van der Waals surface area contributed by atoms with Crippen LogP contribution in [-0.4, -0.2) is 22.6 Å². The summed E-state index contributed by atoms with van der Waals surface area (Å²) in [5.74, 6) is 2.32. The van der Waals surface area contributed by atoms with Gasteiger partial charge in [0, 0.05) is 24.1 Å². The first-order valence-electron chi connectivity index (χ1n) is 9.91. The first kappa shape index (κ1) is 17.3. The highest BCUT2D eigenvalue weighted by Crippen LogP contribution is 2.38. The Morgan fingerprint density at radius 1 is 1.00 bits per heavy atom. The van der Waals surface area contributed by atoms with Crippen LogP contribution in [0, 0.1) is 5.92 Å². The van der Waals surface area contributed by atoms with Gasteiger partial charge in [0.2, 0.25) is 5.95 Å². The van der Waals surface area contributed by atoms with E-state index < -0.39 is 0 Å². The number of nitrogens with zero attached hydrogens (tertiary/aromatic N) is 2. The van der Waals surface area contributed by atoms with Crippen LogP contribution in [0.3, 0.4) is 0 Å². The smallest absolute Gasteiger partial charge is 0.222 e. The van der Waals surface area contributed by atoms with Crippen LogP contribution in [0.5, 0.6) is 0 Å². The lowest BCUT2D eigenvalue weighted by molar-refractivity contribution is 0.338. The van der Waals surface area contributed by atoms with E-state index >= 15 is 0 Å². The number of fused-ring (bicyclic) bond motifs is 1. The van der Waals surface area contributed by atoms with Gasteiger partial charge in [0.25, 0.3) is 0 Å². The fourth-order valence-electron chi connectivity index (χ4n) is 4.46. The summed E-state index contributed by atoms with van der Waals surface area (Å²) >= 11 is 0. The molecule has 0 amide bonds. The van der Waals surface area contributed by atoms with E-state index in [-0.39, 0.29) is 0 Å². The van der Waals surface area contributed by atoms with Crippen molar-refractivity contribution in [1.29, 1.82) is 0 Å². The van der Waals surface area contributed by atoms with E-state index in [1.807, 2.05) is 0 Å². The van der Waals surface area contributed by atoms with Gasteiger partial charge in [0.05, 0.1) is 5.69 Å². The largest absolute Gasteiger partial charge is 0.369 e. The molecule has 1 aromatic carbocycles. The second kappa shape index (κ2) is 7.62. The Bertz CT molecular complexity index is 738. The zero-order valence-corrected chi connectivity index (χ0v) is 15.3. The van der Waals surface area contributed by atoms with Crippen molar-refractivity contribution in [2.24, 2.45) is 11.7 Å². The Morgan fingerprint density at radius 3 is 2.54 bits per heavy atom. The molecule has 2 aliphatic rings. The van der Waals surface area contributed by atoms with Crippen LogP contribution in [0.25, 0.3) is 0 Å². The molecule has 5 nitrogen and oxygen atoms in total. The van der Waals surface area contributed by atoms with Gasteiger partial charge in [-0.1, -0.05) is 30.3 Å². The second-order valence-corrected chi connectivity index (χ2v) is 7.81. The van der Waals surface area contributed by atoms with Crippen LogP contribution in [0.2, 0.25) is 0 Å². The number of nitrogens with one attached hydrogen (secondary N) is 1. The fraction of sp³-hybridized carbons (Fsp3) is 0.524. The third-order valence-corrected chi connectivity index (χ3v) is 5.96. The standard InChI is InChI=1S/C21H29N5/c22-16-11-9-14(10-12-16)13-24-20-18-8-4-7-17(15-5-2-1-3-6-15)19(18)25-21(23)26-20/h1-3,5-6,14,16-17H,4,7-13,22H2,(H3,23,24,25,26). The molecule has 5 heteroatoms. The molecule has 0 spiro atoms. The molecular formula is C21H29N5. The van der Waals surface area contributed by atoms with Gasteiger partial charge in [-0.05, 0) is 56.4 Å². The highest BCUT2D eigenvalue weighted by Gasteiger charge is 2.27. The van der Waals surface area contributed by atoms with Crippen molar-refractivity contribution >= 4 is 11.8 Å². The minimum absolute atomic E-state index is 0.318. The van der Waals surface area contributed by atoms with Crippen LogP contribution in [0.15, 0.2) is 30.3 Å². The summed E-state index contributed by atoms with van der Waals surface area (Å²) < 4.78 is 0. The van der Waals surface area contributed by atoms with Gasteiger partial charge in [-0.2, -0.15) is 4.98 Å². The Labute approximate surface area is 155 Å². The number of hydrogen-bond acceptors (Lipinski definition) is 5. The molecular weight excluding hydrogens is 322 g/mol. The molecule has 1 aromatic heterocycles. The second-order valence-electron chi connectivity index (χ2n) is 7.81. The average Bonchev–Trinajstić information content (AvgIpc) is 2.67. The highest BCUT2D eigenvalue weighted by atomic mass is 15.1. The van der Waals surface area contributed by atoms with Crippen molar-refractivity contribution in [3.8, 4) is 0 Å². The summed E-state index contributed by atoms with van der Waals surface area (Å²) in [4.78, 5) is 9.19. The number of benzene rings is 1. The van der Waals surface area contributed by atoms with Crippen LogP contribution >= 0.6 is 0 Å². The maximum absolute atomic E-state index is 6.07. The van der Waals surface area contributed by atoms with E-state index in [1.54, 1.807) is 0 Å². The zero-order chi connectivity index (χ0) is 17.9. The monoisotopic (exact) mass is 351 g/mol. The van der Waals surface area contributed by atoms with Crippen molar-refractivity contribution in [2.75, 3.05) is 17.6 Å². The molecule has 1 unspecified atom stereocenters. The van der Waals surface area contributed by atoms with Crippen LogP contribution in [-0.2, 0) is 6.42 Å². The topological polar surface area (TPSA) is 89.8 Å². The van der Waals surface area contributed by atoms with Crippen molar-refractivity contribution in [3.63, 3.8) is 0 Å². The van der Waals surface area contributed by atoms with Gasteiger partial charge in [-0.3, -0.25) is 0 Å². The van der Waals surface area contributed by atoms with Crippen molar-refractivity contribution in [3.05, 3.63) is 47.2 Å². The Morgan fingerprint density at radius 2 is 1.77 bits per heavy atom. The predicted molar refractivity (Wildman–Crippen MR) is 106 cm³/mol. The zero-order valence-electron chi connectivity index (χ0n) is 15.3. The van der Waals surface area contributed by atoms with E-state index in [4.69, 9.17) is 11.5 Å². The maximum Gasteiger partial charge on any atom is 0.222 e. The lowest BCUT2D eigenvalue weighted by Gasteiger charge is -2.29. The van der Waals surface area contributed by atoms with Gasteiger partial charge in [-0.15, -0.1) is 0 Å². The SMILES string of the molecule is Nc1nc(NCC2CCC(N)CC2)c2c(n1)C(c1ccccc1)CCC2. The van der Waals surface area contributed by atoms with E-state index in [2.05, 4.69) is 45.6 Å². The molecule has 0 bridgehead atoms.